The van der Waals surface area contributed by atoms with Crippen molar-refractivity contribution >= 4 is 29.5 Å². The van der Waals surface area contributed by atoms with Crippen molar-refractivity contribution in [1.29, 1.82) is 0 Å². The smallest absolute Gasteiger partial charge is 0.318 e. The zero-order valence-corrected chi connectivity index (χ0v) is 13.6. The summed E-state index contributed by atoms with van der Waals surface area (Å²) in [5, 5.41) is 6.35. The van der Waals surface area contributed by atoms with Gasteiger partial charge >= 0.3 is 6.03 Å². The number of nitrogens with zero attached hydrogens (tertiary/aromatic N) is 4. The van der Waals surface area contributed by atoms with E-state index < -0.39 is 17.2 Å². The lowest BCUT2D eigenvalue weighted by molar-refractivity contribution is -0.120. The van der Waals surface area contributed by atoms with E-state index in [0.29, 0.717) is 10.9 Å². The fourth-order valence-corrected chi connectivity index (χ4v) is 2.92. The molecule has 9 heteroatoms. The predicted molar refractivity (Wildman–Crippen MR) is 82.5 cm³/mol. The average Bonchev–Trinajstić information content (AvgIpc) is 2.77. The topological polar surface area (TPSA) is 115 Å². The Hall–Kier alpha value is -2.16. The van der Waals surface area contributed by atoms with Crippen molar-refractivity contribution in [2.24, 2.45) is 11.7 Å². The molecule has 8 nitrogen and oxygen atoms in total. The van der Waals surface area contributed by atoms with E-state index in [1.54, 1.807) is 4.52 Å². The molecule has 0 radical (unpaired) electrons. The molecule has 22 heavy (non-hydrogen) atoms. The first kappa shape index (κ1) is 16.2. The molecular formula is C13H18N6O2S. The SMILES string of the molecule is Cc1cc(C)n2nc(S[C@@H](C(=O)NC(N)=O)C(C)C)nc2n1. The van der Waals surface area contributed by atoms with Gasteiger partial charge in [-0.3, -0.25) is 10.1 Å². The second-order valence-corrected chi connectivity index (χ2v) is 6.39. The number of thioether (sulfide) groups is 1. The van der Waals surface area contributed by atoms with Crippen molar-refractivity contribution in [2.75, 3.05) is 0 Å². The van der Waals surface area contributed by atoms with E-state index in [0.717, 1.165) is 11.4 Å². The Kier molecular flexibility index (Phi) is 4.65. The first-order valence-electron chi connectivity index (χ1n) is 6.76. The second-order valence-electron chi connectivity index (χ2n) is 5.28. The van der Waals surface area contributed by atoms with Crippen LogP contribution in [-0.2, 0) is 4.79 Å². The highest BCUT2D eigenvalue weighted by molar-refractivity contribution is 8.00. The van der Waals surface area contributed by atoms with E-state index in [1.165, 1.54) is 11.8 Å². The number of rotatable bonds is 4. The van der Waals surface area contributed by atoms with Crippen molar-refractivity contribution in [3.63, 3.8) is 0 Å². The van der Waals surface area contributed by atoms with Crippen LogP contribution >= 0.6 is 11.8 Å². The highest BCUT2D eigenvalue weighted by Gasteiger charge is 2.26. The minimum Gasteiger partial charge on any atom is -0.351 e. The van der Waals surface area contributed by atoms with Gasteiger partial charge in [0.1, 0.15) is 0 Å². The number of urea groups is 1. The summed E-state index contributed by atoms with van der Waals surface area (Å²) in [6.45, 7) is 7.54. The lowest BCUT2D eigenvalue weighted by atomic mass is 10.1. The number of aromatic nitrogens is 4. The molecule has 0 unspecified atom stereocenters. The maximum atomic E-state index is 12.0. The highest BCUT2D eigenvalue weighted by Crippen LogP contribution is 2.26. The molecule has 0 aliphatic rings. The second kappa shape index (κ2) is 6.30. The van der Waals surface area contributed by atoms with Crippen LogP contribution in [0.4, 0.5) is 4.79 Å². The van der Waals surface area contributed by atoms with Crippen molar-refractivity contribution in [2.45, 2.75) is 38.1 Å². The van der Waals surface area contributed by atoms with E-state index >= 15 is 0 Å². The number of aryl methyl sites for hydroxylation is 2. The molecule has 0 saturated heterocycles. The van der Waals surface area contributed by atoms with E-state index in [4.69, 9.17) is 5.73 Å². The van der Waals surface area contributed by atoms with E-state index in [1.807, 2.05) is 33.8 Å². The van der Waals surface area contributed by atoms with Gasteiger partial charge in [0, 0.05) is 11.4 Å². The molecule has 1 atom stereocenters. The molecule has 2 rings (SSSR count). The number of nitrogens with two attached hydrogens (primary N) is 1. The minimum atomic E-state index is -0.868. The van der Waals surface area contributed by atoms with Crippen LogP contribution in [0.15, 0.2) is 11.2 Å². The summed E-state index contributed by atoms with van der Waals surface area (Å²) < 4.78 is 1.62. The van der Waals surface area contributed by atoms with Gasteiger partial charge in [0.25, 0.3) is 5.78 Å². The predicted octanol–water partition coefficient (Wildman–Crippen LogP) is 1.05. The van der Waals surface area contributed by atoms with E-state index in [2.05, 4.69) is 20.4 Å². The number of hydrogen-bond acceptors (Lipinski definition) is 6. The molecule has 0 aliphatic heterocycles. The lowest BCUT2D eigenvalue weighted by Crippen LogP contribution is -2.42. The molecule has 0 spiro atoms. The van der Waals surface area contributed by atoms with Gasteiger partial charge in [0.15, 0.2) is 0 Å². The quantitative estimate of drug-likeness (QED) is 0.813. The number of carbonyl (C=O) groups is 2. The molecule has 2 aromatic heterocycles. The summed E-state index contributed by atoms with van der Waals surface area (Å²) in [7, 11) is 0. The van der Waals surface area contributed by atoms with Gasteiger partial charge in [-0.05, 0) is 25.8 Å². The standard InChI is InChI=1S/C13H18N6O2S/c1-6(2)9(10(20)16-11(14)21)22-13-17-12-15-7(3)5-8(4)19(12)18-13/h5-6,9H,1-4H3,(H3,14,16,20,21)/t9-/m1/s1. The van der Waals surface area contributed by atoms with Crippen molar-refractivity contribution < 1.29 is 9.59 Å². The number of carbonyl (C=O) groups excluding carboxylic acids is 2. The van der Waals surface area contributed by atoms with Gasteiger partial charge in [-0.25, -0.2) is 14.3 Å². The van der Waals surface area contributed by atoms with Crippen molar-refractivity contribution in [1.82, 2.24) is 24.9 Å². The number of nitrogens with one attached hydrogen (secondary N) is 1. The number of hydrogen-bond donors (Lipinski definition) is 2. The van der Waals surface area contributed by atoms with Gasteiger partial charge in [-0.15, -0.1) is 5.10 Å². The Labute approximate surface area is 131 Å². The number of amides is 3. The van der Waals surface area contributed by atoms with Crippen LogP contribution in [0.1, 0.15) is 25.2 Å². The Morgan fingerprint density at radius 3 is 2.59 bits per heavy atom. The Balaban J connectivity index is 2.28. The molecule has 2 heterocycles. The fourth-order valence-electron chi connectivity index (χ4n) is 2.00. The van der Waals surface area contributed by atoms with E-state index in [-0.39, 0.29) is 5.92 Å². The lowest BCUT2D eigenvalue weighted by Gasteiger charge is -2.16. The molecule has 3 N–H and O–H groups in total. The van der Waals surface area contributed by atoms with Crippen LogP contribution in [0, 0.1) is 19.8 Å². The molecular weight excluding hydrogens is 304 g/mol. The largest absolute Gasteiger partial charge is 0.351 e. The Morgan fingerprint density at radius 2 is 2.00 bits per heavy atom. The third-order valence-corrected chi connectivity index (χ3v) is 4.34. The zero-order valence-electron chi connectivity index (χ0n) is 12.8. The molecule has 0 saturated carbocycles. The third kappa shape index (κ3) is 3.53. The van der Waals surface area contributed by atoms with Crippen molar-refractivity contribution in [3.8, 4) is 0 Å². The maximum absolute atomic E-state index is 12.0. The van der Waals surface area contributed by atoms with Gasteiger partial charge in [0.2, 0.25) is 11.1 Å². The number of imide groups is 1. The monoisotopic (exact) mass is 322 g/mol. The molecule has 0 aliphatic carbocycles. The van der Waals surface area contributed by atoms with Crippen LogP contribution in [0.25, 0.3) is 5.78 Å². The maximum Gasteiger partial charge on any atom is 0.318 e. The van der Waals surface area contributed by atoms with Crippen LogP contribution in [-0.4, -0.2) is 36.8 Å². The fraction of sp³-hybridized carbons (Fsp3) is 0.462. The summed E-state index contributed by atoms with van der Waals surface area (Å²) >= 11 is 1.18. The van der Waals surface area contributed by atoms with Gasteiger partial charge in [-0.2, -0.15) is 4.98 Å². The summed E-state index contributed by atoms with van der Waals surface area (Å²) in [6, 6.07) is 1.03. The minimum absolute atomic E-state index is 0.0215. The summed E-state index contributed by atoms with van der Waals surface area (Å²) in [5.41, 5.74) is 6.75. The molecule has 0 bridgehead atoms. The average molecular weight is 322 g/mol. The van der Waals surface area contributed by atoms with Crippen LogP contribution in [0.5, 0.6) is 0 Å². The molecule has 2 aromatic rings. The Bertz CT molecular complexity index is 727. The molecule has 3 amide bonds. The molecule has 0 fully saturated rings. The molecule has 118 valence electrons. The van der Waals surface area contributed by atoms with Gasteiger partial charge in [-0.1, -0.05) is 25.6 Å². The van der Waals surface area contributed by atoms with Crippen LogP contribution in [0.2, 0.25) is 0 Å². The number of fused-ring (bicyclic) bond motifs is 1. The molecule has 0 aromatic carbocycles. The first-order chi connectivity index (χ1) is 10.3. The van der Waals surface area contributed by atoms with Crippen molar-refractivity contribution in [3.05, 3.63) is 17.5 Å². The van der Waals surface area contributed by atoms with Gasteiger partial charge < -0.3 is 5.73 Å². The highest BCUT2D eigenvalue weighted by atomic mass is 32.2. The summed E-state index contributed by atoms with van der Waals surface area (Å²) in [5.74, 6) is 0.0109. The zero-order chi connectivity index (χ0) is 16.4. The summed E-state index contributed by atoms with van der Waals surface area (Å²) in [6.07, 6.45) is 0. The van der Waals surface area contributed by atoms with Crippen LogP contribution in [0.3, 0.4) is 0 Å². The third-order valence-electron chi connectivity index (χ3n) is 2.94. The number of primary amides is 1. The van der Waals surface area contributed by atoms with Crippen LogP contribution < -0.4 is 11.1 Å². The van der Waals surface area contributed by atoms with Gasteiger partial charge in [0.05, 0.1) is 5.25 Å². The Morgan fingerprint density at radius 1 is 1.32 bits per heavy atom. The van der Waals surface area contributed by atoms with E-state index in [9.17, 15) is 9.59 Å². The first-order valence-corrected chi connectivity index (χ1v) is 7.64. The summed E-state index contributed by atoms with van der Waals surface area (Å²) in [4.78, 5) is 31.5. The normalized spacial score (nSPS) is 12.6.